The lowest BCUT2D eigenvalue weighted by atomic mass is 10.1. The Morgan fingerprint density at radius 2 is 1.88 bits per heavy atom. The summed E-state index contributed by atoms with van der Waals surface area (Å²) >= 11 is 0. The van der Waals surface area contributed by atoms with Crippen molar-refractivity contribution in [3.8, 4) is 17.4 Å². The molecule has 0 spiro atoms. The molecule has 4 rings (SSSR count). The van der Waals surface area contributed by atoms with E-state index in [0.717, 1.165) is 6.20 Å². The van der Waals surface area contributed by atoms with Crippen molar-refractivity contribution in [2.45, 2.75) is 6.92 Å². The van der Waals surface area contributed by atoms with Gasteiger partial charge >= 0.3 is 0 Å². The molecule has 33 heavy (non-hydrogen) atoms. The Morgan fingerprint density at radius 3 is 2.55 bits per heavy atom. The number of hydrogen-bond acceptors (Lipinski definition) is 7. The van der Waals surface area contributed by atoms with E-state index < -0.39 is 16.7 Å². The molecule has 166 valence electrons. The first-order chi connectivity index (χ1) is 16.0. The Morgan fingerprint density at radius 1 is 1.09 bits per heavy atom. The standard InChI is InChI=1S/C23H18N4O6/c1-2-32-20-13-15(8-10-19(20)33-21-11-9-17(14-24-21)27(30)31)12-18-22(28)25-26(23(18)29)16-6-4-3-5-7-16/h3-14H,2H2,1H3,(H,25,28)/b18-12+. The number of benzene rings is 2. The number of nitrogens with zero attached hydrogens (tertiary/aromatic N) is 3. The van der Waals surface area contributed by atoms with E-state index in [9.17, 15) is 19.7 Å². The lowest BCUT2D eigenvalue weighted by molar-refractivity contribution is -0.385. The molecule has 10 nitrogen and oxygen atoms in total. The second kappa shape index (κ2) is 9.18. The second-order valence-electron chi connectivity index (χ2n) is 6.83. The number of aromatic nitrogens is 1. The van der Waals surface area contributed by atoms with E-state index >= 15 is 0 Å². The van der Waals surface area contributed by atoms with Crippen molar-refractivity contribution in [1.82, 2.24) is 10.4 Å². The molecule has 1 fully saturated rings. The first-order valence-corrected chi connectivity index (χ1v) is 9.93. The number of hydrogen-bond donors (Lipinski definition) is 1. The van der Waals surface area contributed by atoms with Crippen LogP contribution in [0.1, 0.15) is 12.5 Å². The molecular formula is C23H18N4O6. The highest BCUT2D eigenvalue weighted by atomic mass is 16.6. The lowest BCUT2D eigenvalue weighted by Gasteiger charge is -2.14. The molecule has 1 saturated heterocycles. The van der Waals surface area contributed by atoms with Crippen molar-refractivity contribution in [2.75, 3.05) is 11.6 Å². The van der Waals surface area contributed by atoms with Crippen molar-refractivity contribution in [3.05, 3.63) is 88.1 Å². The van der Waals surface area contributed by atoms with Crippen LogP contribution in [0.4, 0.5) is 11.4 Å². The largest absolute Gasteiger partial charge is 0.490 e. The van der Waals surface area contributed by atoms with Crippen LogP contribution in [-0.2, 0) is 9.59 Å². The zero-order valence-electron chi connectivity index (χ0n) is 17.4. The highest BCUT2D eigenvalue weighted by Crippen LogP contribution is 2.33. The summed E-state index contributed by atoms with van der Waals surface area (Å²) in [6, 6.07) is 16.3. The molecule has 10 heteroatoms. The summed E-state index contributed by atoms with van der Waals surface area (Å²) in [6.07, 6.45) is 2.56. The van der Waals surface area contributed by atoms with E-state index in [4.69, 9.17) is 9.47 Å². The quantitative estimate of drug-likeness (QED) is 0.254. The van der Waals surface area contributed by atoms with E-state index in [1.54, 1.807) is 49.4 Å². The van der Waals surface area contributed by atoms with Gasteiger partial charge < -0.3 is 9.47 Å². The number of nitrogens with one attached hydrogen (secondary N) is 1. The Balaban J connectivity index is 1.59. The molecule has 1 aromatic heterocycles. The molecule has 1 N–H and O–H groups in total. The van der Waals surface area contributed by atoms with Gasteiger partial charge in [-0.15, -0.1) is 0 Å². The third-order valence-electron chi connectivity index (χ3n) is 4.63. The van der Waals surface area contributed by atoms with Gasteiger partial charge in [-0.2, -0.15) is 0 Å². The third kappa shape index (κ3) is 4.64. The van der Waals surface area contributed by atoms with Gasteiger partial charge in [-0.3, -0.25) is 25.1 Å². The van der Waals surface area contributed by atoms with Crippen LogP contribution in [0.15, 0.2) is 72.4 Å². The number of carbonyl (C=O) groups excluding carboxylic acids is 2. The number of carbonyl (C=O) groups is 2. The summed E-state index contributed by atoms with van der Waals surface area (Å²) in [5.41, 5.74) is 3.48. The van der Waals surface area contributed by atoms with E-state index in [0.29, 0.717) is 29.4 Å². The number of pyridine rings is 1. The second-order valence-corrected chi connectivity index (χ2v) is 6.83. The number of anilines is 1. The zero-order chi connectivity index (χ0) is 23.4. The van der Waals surface area contributed by atoms with Crippen molar-refractivity contribution < 1.29 is 24.0 Å². The molecule has 1 aliphatic rings. The topological polar surface area (TPSA) is 124 Å². The molecule has 0 aliphatic carbocycles. The maximum atomic E-state index is 12.8. The first-order valence-electron chi connectivity index (χ1n) is 9.93. The highest BCUT2D eigenvalue weighted by Gasteiger charge is 2.34. The Bertz CT molecular complexity index is 1240. The smallest absolute Gasteiger partial charge is 0.287 e. The summed E-state index contributed by atoms with van der Waals surface area (Å²) in [7, 11) is 0. The van der Waals surface area contributed by atoms with Gasteiger partial charge in [0, 0.05) is 12.1 Å². The number of nitro groups is 1. The highest BCUT2D eigenvalue weighted by molar-refractivity contribution is 6.31. The molecule has 0 atom stereocenters. The predicted molar refractivity (Wildman–Crippen MR) is 119 cm³/mol. The van der Waals surface area contributed by atoms with Gasteiger partial charge in [0.25, 0.3) is 17.5 Å². The molecule has 2 amide bonds. The van der Waals surface area contributed by atoms with Gasteiger partial charge in [-0.05, 0) is 42.8 Å². The summed E-state index contributed by atoms with van der Waals surface area (Å²) in [5, 5.41) is 12.0. The predicted octanol–water partition coefficient (Wildman–Crippen LogP) is 3.64. The molecular weight excluding hydrogens is 428 g/mol. The lowest BCUT2D eigenvalue weighted by Crippen LogP contribution is -2.35. The SMILES string of the molecule is CCOc1cc(/C=C2\C(=O)NN(c3ccccc3)C2=O)ccc1Oc1ccc([N+](=O)[O-])cn1. The molecule has 2 heterocycles. The molecule has 2 aromatic carbocycles. The minimum atomic E-state index is -0.552. The summed E-state index contributed by atoms with van der Waals surface area (Å²) in [5.74, 6) is -0.153. The molecule has 0 radical (unpaired) electrons. The number of amides is 2. The van der Waals surface area contributed by atoms with Crippen LogP contribution in [0.3, 0.4) is 0 Å². The number of para-hydroxylation sites is 1. The molecule has 0 bridgehead atoms. The van der Waals surface area contributed by atoms with Gasteiger partial charge in [0.2, 0.25) is 5.88 Å². The van der Waals surface area contributed by atoms with Crippen LogP contribution in [0, 0.1) is 10.1 Å². The average molecular weight is 446 g/mol. The van der Waals surface area contributed by atoms with Gasteiger partial charge in [-0.1, -0.05) is 24.3 Å². The zero-order valence-corrected chi connectivity index (χ0v) is 17.4. The minimum Gasteiger partial charge on any atom is -0.490 e. The first kappa shape index (κ1) is 21.5. The van der Waals surface area contributed by atoms with Gasteiger partial charge in [-0.25, -0.2) is 9.99 Å². The van der Waals surface area contributed by atoms with E-state index in [1.807, 2.05) is 6.07 Å². The van der Waals surface area contributed by atoms with E-state index in [-0.39, 0.29) is 17.1 Å². The van der Waals surface area contributed by atoms with Crippen LogP contribution in [0.2, 0.25) is 0 Å². The normalized spacial score (nSPS) is 14.3. The Hall–Kier alpha value is -4.73. The molecule has 0 unspecified atom stereocenters. The number of ether oxygens (including phenoxy) is 2. The van der Waals surface area contributed by atoms with Crippen molar-refractivity contribution in [1.29, 1.82) is 0 Å². The third-order valence-corrected chi connectivity index (χ3v) is 4.63. The fraction of sp³-hybridized carbons (Fsp3) is 0.0870. The van der Waals surface area contributed by atoms with E-state index in [1.165, 1.54) is 23.2 Å². The Labute approximate surface area is 188 Å². The maximum absolute atomic E-state index is 12.8. The fourth-order valence-electron chi connectivity index (χ4n) is 3.10. The molecule has 3 aromatic rings. The molecule has 1 aliphatic heterocycles. The average Bonchev–Trinajstić information content (AvgIpc) is 3.10. The van der Waals surface area contributed by atoms with Crippen LogP contribution in [0.25, 0.3) is 6.08 Å². The van der Waals surface area contributed by atoms with Crippen LogP contribution in [-0.4, -0.2) is 28.3 Å². The summed E-state index contributed by atoms with van der Waals surface area (Å²) in [4.78, 5) is 39.3. The van der Waals surface area contributed by atoms with Crippen LogP contribution >= 0.6 is 0 Å². The van der Waals surface area contributed by atoms with Crippen LogP contribution < -0.4 is 19.9 Å². The summed E-state index contributed by atoms with van der Waals surface area (Å²) < 4.78 is 11.3. The van der Waals surface area contributed by atoms with Gasteiger partial charge in [0.1, 0.15) is 11.8 Å². The monoisotopic (exact) mass is 446 g/mol. The number of hydrazine groups is 1. The fourth-order valence-corrected chi connectivity index (χ4v) is 3.10. The van der Waals surface area contributed by atoms with Crippen molar-refractivity contribution in [2.24, 2.45) is 0 Å². The van der Waals surface area contributed by atoms with Crippen molar-refractivity contribution >= 4 is 29.3 Å². The van der Waals surface area contributed by atoms with Gasteiger partial charge in [0.05, 0.1) is 17.2 Å². The summed E-state index contributed by atoms with van der Waals surface area (Å²) in [6.45, 7) is 2.13. The number of rotatable bonds is 7. The molecule has 0 saturated carbocycles. The minimum absolute atomic E-state index is 0.0213. The van der Waals surface area contributed by atoms with Crippen molar-refractivity contribution in [3.63, 3.8) is 0 Å². The van der Waals surface area contributed by atoms with Crippen LogP contribution in [0.5, 0.6) is 17.4 Å². The maximum Gasteiger partial charge on any atom is 0.287 e. The van der Waals surface area contributed by atoms with Gasteiger partial charge in [0.15, 0.2) is 11.5 Å². The van der Waals surface area contributed by atoms with E-state index in [2.05, 4.69) is 10.4 Å². The Kier molecular flexibility index (Phi) is 5.98.